The number of thiazole rings is 1. The van der Waals surface area contributed by atoms with E-state index in [4.69, 9.17) is 9.72 Å². The Bertz CT molecular complexity index is 1000. The average Bonchev–Trinajstić information content (AvgIpc) is 3.41. The van der Waals surface area contributed by atoms with Gasteiger partial charge in [0.05, 0.1) is 23.4 Å². The largest absolute Gasteiger partial charge is 0.497 e. The fraction of sp³-hybridized carbons (Fsp3) is 0.318. The van der Waals surface area contributed by atoms with Crippen molar-refractivity contribution in [3.05, 3.63) is 53.5 Å². The van der Waals surface area contributed by atoms with Crippen LogP contribution < -0.4 is 15.4 Å². The predicted octanol–water partition coefficient (Wildman–Crippen LogP) is 4.18. The SMILES string of the molecule is COc1ccc(NC(=O)NCCC(=O)N2CCC[C@H]2c2nc3ccccc3s2)cc1. The summed E-state index contributed by atoms with van der Waals surface area (Å²) >= 11 is 1.65. The van der Waals surface area contributed by atoms with E-state index in [9.17, 15) is 9.59 Å². The Morgan fingerprint density at radius 2 is 2.00 bits per heavy atom. The minimum absolute atomic E-state index is 0.0306. The van der Waals surface area contributed by atoms with Crippen molar-refractivity contribution in [3.8, 4) is 5.75 Å². The molecule has 3 amide bonds. The third-order valence-corrected chi connectivity index (χ3v) is 6.28. The molecule has 0 radical (unpaired) electrons. The van der Waals surface area contributed by atoms with E-state index in [2.05, 4.69) is 16.7 Å². The number of nitrogens with one attached hydrogen (secondary N) is 2. The summed E-state index contributed by atoms with van der Waals surface area (Å²) in [6, 6.07) is 14.8. The van der Waals surface area contributed by atoms with E-state index in [0.717, 1.165) is 40.4 Å². The highest BCUT2D eigenvalue weighted by Crippen LogP contribution is 2.36. The van der Waals surface area contributed by atoms with Crippen LogP contribution in [0, 0.1) is 0 Å². The predicted molar refractivity (Wildman–Crippen MR) is 118 cm³/mol. The Morgan fingerprint density at radius 3 is 2.77 bits per heavy atom. The molecular weight excluding hydrogens is 400 g/mol. The van der Waals surface area contributed by atoms with Crippen molar-refractivity contribution in [2.45, 2.75) is 25.3 Å². The zero-order valence-electron chi connectivity index (χ0n) is 16.8. The van der Waals surface area contributed by atoms with Crippen LogP contribution >= 0.6 is 11.3 Å². The molecule has 2 heterocycles. The standard InChI is InChI=1S/C22H24N4O3S/c1-29-16-10-8-15(9-11-16)24-22(28)23-13-12-20(27)26-14-4-6-18(26)21-25-17-5-2-3-7-19(17)30-21/h2-3,5,7-11,18H,4,6,12-14H2,1H3,(H2,23,24,28)/t18-/m0/s1. The third-order valence-electron chi connectivity index (χ3n) is 5.14. The topological polar surface area (TPSA) is 83.6 Å². The number of likely N-dealkylation sites (tertiary alicyclic amines) is 1. The first-order chi connectivity index (χ1) is 14.6. The molecule has 1 fully saturated rings. The van der Waals surface area contributed by atoms with E-state index in [-0.39, 0.29) is 30.9 Å². The molecule has 2 aromatic carbocycles. The van der Waals surface area contributed by atoms with Crippen LogP contribution in [0.3, 0.4) is 0 Å². The molecule has 0 bridgehead atoms. The number of carbonyl (C=O) groups excluding carboxylic acids is 2. The van der Waals surface area contributed by atoms with Gasteiger partial charge in [0.15, 0.2) is 0 Å². The normalized spacial score (nSPS) is 15.9. The highest BCUT2D eigenvalue weighted by Gasteiger charge is 2.31. The lowest BCUT2D eigenvalue weighted by molar-refractivity contribution is -0.132. The van der Waals surface area contributed by atoms with Crippen molar-refractivity contribution in [2.75, 3.05) is 25.5 Å². The van der Waals surface area contributed by atoms with E-state index in [1.807, 2.05) is 23.1 Å². The van der Waals surface area contributed by atoms with Crippen LogP contribution in [0.1, 0.15) is 30.3 Å². The average molecular weight is 425 g/mol. The molecule has 0 unspecified atom stereocenters. The molecule has 1 aromatic heterocycles. The first kappa shape index (κ1) is 20.2. The Labute approximate surface area is 179 Å². The van der Waals surface area contributed by atoms with E-state index >= 15 is 0 Å². The van der Waals surface area contributed by atoms with E-state index in [1.165, 1.54) is 0 Å². The molecule has 1 saturated heterocycles. The number of para-hydroxylation sites is 1. The lowest BCUT2D eigenvalue weighted by atomic mass is 10.2. The second-order valence-corrected chi connectivity index (χ2v) is 8.19. The third kappa shape index (κ3) is 4.54. The highest BCUT2D eigenvalue weighted by atomic mass is 32.1. The fourth-order valence-corrected chi connectivity index (χ4v) is 4.75. The zero-order valence-corrected chi connectivity index (χ0v) is 17.6. The monoisotopic (exact) mass is 424 g/mol. The van der Waals surface area contributed by atoms with Crippen molar-refractivity contribution >= 4 is 39.2 Å². The number of nitrogens with zero attached hydrogens (tertiary/aromatic N) is 2. The van der Waals surface area contributed by atoms with Gasteiger partial charge in [-0.3, -0.25) is 4.79 Å². The van der Waals surface area contributed by atoms with Gasteiger partial charge < -0.3 is 20.3 Å². The molecule has 0 saturated carbocycles. The highest BCUT2D eigenvalue weighted by molar-refractivity contribution is 7.18. The maximum absolute atomic E-state index is 12.8. The van der Waals surface area contributed by atoms with Gasteiger partial charge in [-0.2, -0.15) is 0 Å². The summed E-state index contributed by atoms with van der Waals surface area (Å²) in [4.78, 5) is 31.5. The summed E-state index contributed by atoms with van der Waals surface area (Å²) in [6.07, 6.45) is 2.16. The Morgan fingerprint density at radius 1 is 1.20 bits per heavy atom. The van der Waals surface area contributed by atoms with Gasteiger partial charge >= 0.3 is 6.03 Å². The first-order valence-electron chi connectivity index (χ1n) is 9.98. The second kappa shape index (κ2) is 9.13. The zero-order chi connectivity index (χ0) is 20.9. The van der Waals surface area contributed by atoms with Crippen molar-refractivity contribution in [3.63, 3.8) is 0 Å². The van der Waals surface area contributed by atoms with Crippen LogP contribution in [0.25, 0.3) is 10.2 Å². The van der Waals surface area contributed by atoms with Gasteiger partial charge in [0.1, 0.15) is 10.8 Å². The lowest BCUT2D eigenvalue weighted by Gasteiger charge is -2.23. The summed E-state index contributed by atoms with van der Waals surface area (Å²) in [5, 5.41) is 6.49. The molecule has 3 aromatic rings. The number of benzene rings is 2. The summed E-state index contributed by atoms with van der Waals surface area (Å²) in [5.41, 5.74) is 1.64. The molecule has 156 valence electrons. The summed E-state index contributed by atoms with van der Waals surface area (Å²) < 4.78 is 6.24. The summed E-state index contributed by atoms with van der Waals surface area (Å²) in [7, 11) is 1.59. The second-order valence-electron chi connectivity index (χ2n) is 7.12. The van der Waals surface area contributed by atoms with Gasteiger partial charge in [-0.1, -0.05) is 12.1 Å². The summed E-state index contributed by atoms with van der Waals surface area (Å²) in [5.74, 6) is 0.765. The number of hydrogen-bond acceptors (Lipinski definition) is 5. The first-order valence-corrected chi connectivity index (χ1v) is 10.8. The quantitative estimate of drug-likeness (QED) is 0.622. The molecule has 0 spiro atoms. The summed E-state index contributed by atoms with van der Waals surface area (Å²) in [6.45, 7) is 1.02. The Kier molecular flexibility index (Phi) is 6.13. The molecule has 0 aliphatic carbocycles. The van der Waals surface area contributed by atoms with Gasteiger partial charge in [-0.15, -0.1) is 11.3 Å². The molecule has 1 atom stereocenters. The number of ether oxygens (including phenoxy) is 1. The number of anilines is 1. The minimum Gasteiger partial charge on any atom is -0.497 e. The molecule has 1 aliphatic heterocycles. The van der Waals surface area contributed by atoms with Crippen LogP contribution in [-0.4, -0.2) is 42.0 Å². The van der Waals surface area contributed by atoms with Crippen molar-refractivity contribution < 1.29 is 14.3 Å². The smallest absolute Gasteiger partial charge is 0.319 e. The molecule has 8 heteroatoms. The van der Waals surface area contributed by atoms with Crippen molar-refractivity contribution in [1.29, 1.82) is 0 Å². The maximum Gasteiger partial charge on any atom is 0.319 e. The van der Waals surface area contributed by atoms with E-state index < -0.39 is 0 Å². The van der Waals surface area contributed by atoms with Crippen LogP contribution in [0.15, 0.2) is 48.5 Å². The maximum atomic E-state index is 12.8. The number of hydrogen-bond donors (Lipinski definition) is 2. The number of fused-ring (bicyclic) bond motifs is 1. The number of carbonyl (C=O) groups is 2. The van der Waals surface area contributed by atoms with Crippen LogP contribution in [-0.2, 0) is 4.79 Å². The van der Waals surface area contributed by atoms with Crippen molar-refractivity contribution in [2.24, 2.45) is 0 Å². The minimum atomic E-state index is -0.336. The van der Waals surface area contributed by atoms with Crippen LogP contribution in [0.2, 0.25) is 0 Å². The Balaban J connectivity index is 1.29. The Hall–Kier alpha value is -3.13. The van der Waals surface area contributed by atoms with Gasteiger partial charge in [-0.25, -0.2) is 9.78 Å². The molecule has 4 rings (SSSR count). The number of methoxy groups -OCH3 is 1. The number of rotatable bonds is 6. The number of amides is 3. The van der Waals surface area contributed by atoms with Gasteiger partial charge in [0.2, 0.25) is 5.91 Å². The molecule has 7 nitrogen and oxygen atoms in total. The molecular formula is C22H24N4O3S. The van der Waals surface area contributed by atoms with Crippen LogP contribution in [0.5, 0.6) is 5.75 Å². The van der Waals surface area contributed by atoms with Crippen molar-refractivity contribution in [1.82, 2.24) is 15.2 Å². The van der Waals surface area contributed by atoms with Gasteiger partial charge in [0, 0.05) is 25.2 Å². The molecule has 1 aliphatic rings. The molecule has 2 N–H and O–H groups in total. The van der Waals surface area contributed by atoms with E-state index in [0.29, 0.717) is 5.69 Å². The van der Waals surface area contributed by atoms with E-state index in [1.54, 1.807) is 42.7 Å². The number of urea groups is 1. The fourth-order valence-electron chi connectivity index (χ4n) is 3.63. The number of aromatic nitrogens is 1. The van der Waals surface area contributed by atoms with Gasteiger partial charge in [-0.05, 0) is 49.2 Å². The molecule has 30 heavy (non-hydrogen) atoms. The van der Waals surface area contributed by atoms with Gasteiger partial charge in [0.25, 0.3) is 0 Å². The lowest BCUT2D eigenvalue weighted by Crippen LogP contribution is -2.35. The van der Waals surface area contributed by atoms with Crippen LogP contribution in [0.4, 0.5) is 10.5 Å².